The zero-order valence-electron chi connectivity index (χ0n) is 29.7. The van der Waals surface area contributed by atoms with Gasteiger partial charge in [-0.05, 0) is 99.3 Å². The van der Waals surface area contributed by atoms with Crippen molar-refractivity contribution in [2.45, 2.75) is 63.1 Å². The number of alkyl halides is 3. The lowest BCUT2D eigenvalue weighted by atomic mass is 9.84. The molecule has 0 bridgehead atoms. The van der Waals surface area contributed by atoms with E-state index in [1.54, 1.807) is 23.2 Å². The minimum atomic E-state index is -4.66. The summed E-state index contributed by atoms with van der Waals surface area (Å²) in [5.41, 5.74) is 1.58. The maximum atomic E-state index is 13.2. The number of pyridine rings is 2. The summed E-state index contributed by atoms with van der Waals surface area (Å²) in [7, 11) is 1.46. The van der Waals surface area contributed by atoms with Crippen LogP contribution in [0.15, 0.2) is 61.1 Å². The number of amides is 4. The molecule has 1 aliphatic carbocycles. The third-order valence-corrected chi connectivity index (χ3v) is 11.0. The van der Waals surface area contributed by atoms with Gasteiger partial charge in [-0.1, -0.05) is 6.07 Å². The molecular weight excluding hydrogens is 703 g/mol. The average Bonchev–Trinajstić information content (AvgIpc) is 3.78. The number of imide groups is 1. The number of nitrogens with one attached hydrogen (secondary N) is 2. The number of carbonyl (C=O) groups excluding carboxylic acids is 3. The van der Waals surface area contributed by atoms with E-state index in [0.29, 0.717) is 41.2 Å². The molecule has 13 nitrogen and oxygen atoms in total. The molecule has 8 rings (SSSR count). The van der Waals surface area contributed by atoms with Crippen molar-refractivity contribution >= 4 is 45.9 Å². The second kappa shape index (κ2) is 14.4. The zero-order valence-corrected chi connectivity index (χ0v) is 29.7. The lowest BCUT2D eigenvalue weighted by Gasteiger charge is -2.36. The highest BCUT2D eigenvalue weighted by Gasteiger charge is 2.33. The third kappa shape index (κ3) is 7.21. The molecule has 16 heteroatoms. The summed E-state index contributed by atoms with van der Waals surface area (Å²) in [6.45, 7) is 3.47. The summed E-state index contributed by atoms with van der Waals surface area (Å²) in [4.78, 5) is 49.0. The normalized spacial score (nSPS) is 20.4. The number of fused-ring (bicyclic) bond motifs is 2. The van der Waals surface area contributed by atoms with Crippen LogP contribution in [0.2, 0.25) is 0 Å². The fourth-order valence-corrected chi connectivity index (χ4v) is 8.06. The maximum Gasteiger partial charge on any atom is 0.433 e. The molecule has 6 heterocycles. The molecule has 0 atom stereocenters. The number of halogens is 3. The fourth-order valence-electron chi connectivity index (χ4n) is 8.06. The lowest BCUT2D eigenvalue weighted by Crippen LogP contribution is -2.50. The highest BCUT2D eigenvalue weighted by Crippen LogP contribution is 2.37. The van der Waals surface area contributed by atoms with Gasteiger partial charge in [-0.3, -0.25) is 28.9 Å². The minimum Gasteiger partial charge on any atom is -0.494 e. The Morgan fingerprint density at radius 2 is 1.81 bits per heavy atom. The summed E-state index contributed by atoms with van der Waals surface area (Å²) in [5, 5.41) is 10.6. The number of likely N-dealkylation sites (tertiary alicyclic amines) is 1. The Balaban J connectivity index is 0.842. The summed E-state index contributed by atoms with van der Waals surface area (Å²) in [6.07, 6.45) is 7.53. The Labute approximate surface area is 308 Å². The number of carbonyl (C=O) groups is 3. The highest BCUT2D eigenvalue weighted by atomic mass is 19.4. The molecular formula is C38H40F3N9O4. The molecule has 2 N–H and O–H groups in total. The van der Waals surface area contributed by atoms with Crippen molar-refractivity contribution in [3.8, 4) is 5.75 Å². The Hall–Kier alpha value is -5.51. The van der Waals surface area contributed by atoms with Gasteiger partial charge in [-0.2, -0.15) is 18.3 Å². The van der Waals surface area contributed by atoms with E-state index in [1.807, 2.05) is 21.5 Å². The Kier molecular flexibility index (Phi) is 9.46. The van der Waals surface area contributed by atoms with E-state index in [-0.39, 0.29) is 24.1 Å². The second-order valence-corrected chi connectivity index (χ2v) is 14.4. The van der Waals surface area contributed by atoms with Crippen LogP contribution in [0.1, 0.15) is 78.7 Å². The van der Waals surface area contributed by atoms with Crippen LogP contribution in [-0.2, 0) is 11.0 Å². The van der Waals surface area contributed by atoms with E-state index in [0.717, 1.165) is 81.3 Å². The Morgan fingerprint density at radius 1 is 1.02 bits per heavy atom. The van der Waals surface area contributed by atoms with Crippen molar-refractivity contribution in [2.24, 2.45) is 5.92 Å². The van der Waals surface area contributed by atoms with Crippen LogP contribution in [0.5, 0.6) is 5.75 Å². The van der Waals surface area contributed by atoms with Crippen LogP contribution in [0, 0.1) is 5.92 Å². The summed E-state index contributed by atoms with van der Waals surface area (Å²) in [5.74, 6) is 1.01. The Bertz CT molecular complexity index is 2220. The van der Waals surface area contributed by atoms with Crippen LogP contribution in [0.3, 0.4) is 0 Å². The summed E-state index contributed by atoms with van der Waals surface area (Å²) in [6, 6.07) is 10.7. The molecule has 1 aromatic carbocycles. The number of methoxy groups -OCH3 is 1. The molecule has 4 aromatic heterocycles. The van der Waals surface area contributed by atoms with E-state index < -0.39 is 23.8 Å². The molecule has 5 aromatic rings. The number of imidazole rings is 1. The van der Waals surface area contributed by atoms with Crippen LogP contribution in [-0.4, -0.2) is 80.2 Å². The molecule has 0 spiro atoms. The third-order valence-electron chi connectivity index (χ3n) is 11.0. The lowest BCUT2D eigenvalue weighted by molar-refractivity contribution is -0.141. The van der Waals surface area contributed by atoms with Crippen molar-refractivity contribution < 1.29 is 32.3 Å². The summed E-state index contributed by atoms with van der Waals surface area (Å²) >= 11 is 0. The second-order valence-electron chi connectivity index (χ2n) is 14.4. The number of anilines is 2. The van der Waals surface area contributed by atoms with Crippen LogP contribution >= 0.6 is 0 Å². The number of urea groups is 1. The molecule has 3 aliphatic rings. The van der Waals surface area contributed by atoms with Crippen molar-refractivity contribution in [1.29, 1.82) is 0 Å². The molecule has 0 radical (unpaired) electrons. The van der Waals surface area contributed by atoms with Crippen molar-refractivity contribution in [3.05, 3.63) is 78.0 Å². The van der Waals surface area contributed by atoms with Gasteiger partial charge >= 0.3 is 12.2 Å². The first-order valence-corrected chi connectivity index (χ1v) is 18.3. The van der Waals surface area contributed by atoms with E-state index in [4.69, 9.17) is 9.84 Å². The smallest absolute Gasteiger partial charge is 0.433 e. The monoisotopic (exact) mass is 743 g/mol. The van der Waals surface area contributed by atoms with Gasteiger partial charge in [0.25, 0.3) is 5.91 Å². The molecule has 4 amide bonds. The summed E-state index contributed by atoms with van der Waals surface area (Å²) < 4.78 is 48.8. The molecule has 1 saturated carbocycles. The topological polar surface area (TPSA) is 139 Å². The quantitative estimate of drug-likeness (QED) is 0.186. The van der Waals surface area contributed by atoms with Crippen molar-refractivity contribution in [2.75, 3.05) is 43.5 Å². The van der Waals surface area contributed by atoms with Gasteiger partial charge < -0.3 is 15.0 Å². The highest BCUT2D eigenvalue weighted by molar-refractivity contribution is 6.06. The number of aromatic nitrogens is 5. The predicted molar refractivity (Wildman–Crippen MR) is 194 cm³/mol. The van der Waals surface area contributed by atoms with E-state index >= 15 is 0 Å². The number of rotatable bonds is 8. The van der Waals surface area contributed by atoms with Crippen LogP contribution < -0.4 is 20.3 Å². The van der Waals surface area contributed by atoms with Gasteiger partial charge in [0.15, 0.2) is 0 Å². The van der Waals surface area contributed by atoms with Gasteiger partial charge in [0, 0.05) is 43.4 Å². The van der Waals surface area contributed by atoms with Gasteiger partial charge in [-0.25, -0.2) is 14.8 Å². The molecule has 0 unspecified atom stereocenters. The first-order chi connectivity index (χ1) is 26.0. The van der Waals surface area contributed by atoms with E-state index in [2.05, 4.69) is 37.6 Å². The predicted octanol–water partition coefficient (Wildman–Crippen LogP) is 6.42. The van der Waals surface area contributed by atoms with Crippen molar-refractivity contribution in [1.82, 2.24) is 34.4 Å². The molecule has 3 fully saturated rings. The molecule has 2 saturated heterocycles. The number of piperidine rings is 1. The van der Waals surface area contributed by atoms with Crippen LogP contribution in [0.25, 0.3) is 16.6 Å². The minimum absolute atomic E-state index is 0.239. The first kappa shape index (κ1) is 35.5. The van der Waals surface area contributed by atoms with Gasteiger partial charge in [0.05, 0.1) is 30.6 Å². The fraction of sp³-hybridized carbons (Fsp3) is 0.421. The first-order valence-electron chi connectivity index (χ1n) is 18.3. The van der Waals surface area contributed by atoms with Gasteiger partial charge in [0.1, 0.15) is 28.6 Å². The standard InChI is InChI=1S/C38H40F3N9O4/c1-54-31-19-29-26(17-30(31)44-36(52)28-3-2-4-32(43-28)38(39,40)41)22-50(46-29)27-7-5-23(6-8-27)21-47-13-9-24(10-14-47)25-11-15-48-33(18-25)42-20-35(48)49-16-12-34(51)45-37(49)53/h2-4,11,15,17-20,22-24,27H,5-10,12-14,16,21H2,1H3,(H,44,52)(H,45,51,53)/t23-,27-. The number of ether oxygens (including phenoxy) is 1. The number of benzene rings is 1. The Morgan fingerprint density at radius 3 is 2.56 bits per heavy atom. The van der Waals surface area contributed by atoms with E-state index in [9.17, 15) is 27.6 Å². The van der Waals surface area contributed by atoms with Gasteiger partial charge in [0.2, 0.25) is 5.91 Å². The largest absolute Gasteiger partial charge is 0.494 e. The molecule has 2 aliphatic heterocycles. The SMILES string of the molecule is COc1cc2nn([C@H]3CC[C@H](CN4CCC(c5ccn6c(N7CCC(=O)NC7=O)cnc6c5)CC4)CC3)cc2cc1NC(=O)c1cccc(C(F)(F)F)n1. The molecule has 282 valence electrons. The number of hydrogen-bond acceptors (Lipinski definition) is 8. The number of hydrogen-bond donors (Lipinski definition) is 2. The van der Waals surface area contributed by atoms with E-state index in [1.165, 1.54) is 18.7 Å². The number of nitrogens with zero attached hydrogens (tertiary/aromatic N) is 7. The molecule has 54 heavy (non-hydrogen) atoms. The zero-order chi connectivity index (χ0) is 37.6. The maximum absolute atomic E-state index is 13.2. The van der Waals surface area contributed by atoms with Crippen molar-refractivity contribution in [3.63, 3.8) is 0 Å². The average molecular weight is 744 g/mol. The van der Waals surface area contributed by atoms with Gasteiger partial charge in [-0.15, -0.1) is 0 Å². The van der Waals surface area contributed by atoms with Crippen LogP contribution in [0.4, 0.5) is 29.5 Å².